The normalized spacial score (nSPS) is 12.3. The van der Waals surface area contributed by atoms with Crippen LogP contribution in [0.4, 0.5) is 11.9 Å². The Kier molecular flexibility index (Phi) is 7.74. The standard InChI is InChI=1S/C14H28N6O/c1-6-9-15-12-17-13(19-14(18-12)21-7-2)16-11(3)8-10-20(4)5/h11H,6-10H2,1-5H3,(H2,15,16,17,18,19). The van der Waals surface area contributed by atoms with E-state index in [1.807, 2.05) is 6.92 Å². The first kappa shape index (κ1) is 17.4. The maximum atomic E-state index is 5.40. The Balaban J connectivity index is 2.71. The molecular formula is C14H28N6O. The van der Waals surface area contributed by atoms with Gasteiger partial charge in [0, 0.05) is 12.6 Å². The molecular weight excluding hydrogens is 268 g/mol. The zero-order valence-corrected chi connectivity index (χ0v) is 13.8. The number of hydrogen-bond acceptors (Lipinski definition) is 7. The van der Waals surface area contributed by atoms with Crippen LogP contribution in [0, 0.1) is 0 Å². The quantitative estimate of drug-likeness (QED) is 0.682. The number of nitrogens with one attached hydrogen (secondary N) is 2. The molecule has 0 spiro atoms. The molecule has 1 heterocycles. The summed E-state index contributed by atoms with van der Waals surface area (Å²) in [5.74, 6) is 1.11. The van der Waals surface area contributed by atoms with E-state index in [1.54, 1.807) is 0 Å². The van der Waals surface area contributed by atoms with Gasteiger partial charge in [-0.1, -0.05) is 6.92 Å². The zero-order chi connectivity index (χ0) is 15.7. The molecule has 0 aromatic carbocycles. The molecule has 1 rings (SSSR count). The number of nitrogens with zero attached hydrogens (tertiary/aromatic N) is 4. The highest BCUT2D eigenvalue weighted by Crippen LogP contribution is 2.13. The van der Waals surface area contributed by atoms with Crippen LogP contribution in [0.2, 0.25) is 0 Å². The van der Waals surface area contributed by atoms with Gasteiger partial charge in [-0.3, -0.25) is 0 Å². The van der Waals surface area contributed by atoms with Crippen molar-refractivity contribution in [3.8, 4) is 6.01 Å². The van der Waals surface area contributed by atoms with Crippen LogP contribution >= 0.6 is 0 Å². The molecule has 2 N–H and O–H groups in total. The van der Waals surface area contributed by atoms with Gasteiger partial charge >= 0.3 is 6.01 Å². The van der Waals surface area contributed by atoms with E-state index in [9.17, 15) is 0 Å². The lowest BCUT2D eigenvalue weighted by molar-refractivity contribution is 0.312. The van der Waals surface area contributed by atoms with Gasteiger partial charge < -0.3 is 20.3 Å². The fourth-order valence-electron chi connectivity index (χ4n) is 1.67. The van der Waals surface area contributed by atoms with Crippen LogP contribution in [0.15, 0.2) is 0 Å². The van der Waals surface area contributed by atoms with Crippen LogP contribution in [0.3, 0.4) is 0 Å². The Hall–Kier alpha value is -1.63. The lowest BCUT2D eigenvalue weighted by Gasteiger charge is -2.17. The molecule has 0 aliphatic carbocycles. The SMILES string of the molecule is CCCNc1nc(NC(C)CCN(C)C)nc(OCC)n1. The fourth-order valence-corrected chi connectivity index (χ4v) is 1.67. The number of anilines is 2. The monoisotopic (exact) mass is 296 g/mol. The second kappa shape index (κ2) is 9.33. The molecule has 21 heavy (non-hydrogen) atoms. The molecule has 1 aromatic rings. The molecule has 0 aliphatic rings. The van der Waals surface area contributed by atoms with E-state index in [0.717, 1.165) is 25.9 Å². The summed E-state index contributed by atoms with van der Waals surface area (Å²) in [4.78, 5) is 15.1. The van der Waals surface area contributed by atoms with Crippen molar-refractivity contribution in [2.75, 3.05) is 44.4 Å². The van der Waals surface area contributed by atoms with Crippen LogP contribution in [-0.4, -0.2) is 59.7 Å². The van der Waals surface area contributed by atoms with E-state index in [4.69, 9.17) is 4.74 Å². The number of ether oxygens (including phenoxy) is 1. The smallest absolute Gasteiger partial charge is 0.323 e. The maximum Gasteiger partial charge on any atom is 0.323 e. The molecule has 1 aromatic heterocycles. The molecule has 0 aliphatic heterocycles. The third-order valence-corrected chi connectivity index (χ3v) is 2.81. The molecule has 0 radical (unpaired) electrons. The molecule has 1 unspecified atom stereocenters. The van der Waals surface area contributed by atoms with Gasteiger partial charge in [-0.2, -0.15) is 15.0 Å². The average molecular weight is 296 g/mol. The molecule has 0 saturated carbocycles. The third kappa shape index (κ3) is 7.08. The van der Waals surface area contributed by atoms with Gasteiger partial charge in [-0.15, -0.1) is 0 Å². The van der Waals surface area contributed by atoms with Crippen LogP contribution in [0.5, 0.6) is 6.01 Å². The predicted molar refractivity (Wildman–Crippen MR) is 86.0 cm³/mol. The van der Waals surface area contributed by atoms with Gasteiger partial charge in [-0.25, -0.2) is 0 Å². The van der Waals surface area contributed by atoms with Crippen LogP contribution in [-0.2, 0) is 0 Å². The average Bonchev–Trinajstić information content (AvgIpc) is 2.43. The lowest BCUT2D eigenvalue weighted by Crippen LogP contribution is -2.24. The predicted octanol–water partition coefficient (Wildman–Crippen LogP) is 1.84. The van der Waals surface area contributed by atoms with Crippen molar-refractivity contribution in [1.82, 2.24) is 19.9 Å². The van der Waals surface area contributed by atoms with E-state index < -0.39 is 0 Å². The van der Waals surface area contributed by atoms with Crippen molar-refractivity contribution in [2.24, 2.45) is 0 Å². The van der Waals surface area contributed by atoms with E-state index in [1.165, 1.54) is 0 Å². The van der Waals surface area contributed by atoms with Gasteiger partial charge in [0.25, 0.3) is 0 Å². The molecule has 0 saturated heterocycles. The zero-order valence-electron chi connectivity index (χ0n) is 13.8. The first-order valence-electron chi connectivity index (χ1n) is 7.59. The van der Waals surface area contributed by atoms with Crippen molar-refractivity contribution in [2.45, 2.75) is 39.7 Å². The largest absolute Gasteiger partial charge is 0.464 e. The molecule has 0 fully saturated rings. The summed E-state index contributed by atoms with van der Waals surface area (Å²) >= 11 is 0. The summed E-state index contributed by atoms with van der Waals surface area (Å²) in [6, 6.07) is 0.636. The Bertz CT molecular complexity index is 412. The van der Waals surface area contributed by atoms with Crippen molar-refractivity contribution < 1.29 is 4.74 Å². The maximum absolute atomic E-state index is 5.40. The number of hydrogen-bond donors (Lipinski definition) is 2. The summed E-state index contributed by atoms with van der Waals surface area (Å²) in [7, 11) is 4.13. The van der Waals surface area contributed by atoms with Gasteiger partial charge in [-0.05, 0) is 47.3 Å². The Morgan fingerprint density at radius 3 is 2.48 bits per heavy atom. The van der Waals surface area contributed by atoms with Gasteiger partial charge in [0.2, 0.25) is 11.9 Å². The minimum absolute atomic E-state index is 0.281. The van der Waals surface area contributed by atoms with Crippen LogP contribution < -0.4 is 15.4 Å². The van der Waals surface area contributed by atoms with E-state index >= 15 is 0 Å². The molecule has 120 valence electrons. The van der Waals surface area contributed by atoms with E-state index in [2.05, 4.69) is 58.4 Å². The second-order valence-corrected chi connectivity index (χ2v) is 5.26. The summed E-state index contributed by atoms with van der Waals surface area (Å²) in [6.45, 7) is 8.50. The minimum Gasteiger partial charge on any atom is -0.464 e. The summed E-state index contributed by atoms with van der Waals surface area (Å²) in [5.41, 5.74) is 0. The van der Waals surface area contributed by atoms with Crippen molar-refractivity contribution in [3.05, 3.63) is 0 Å². The molecule has 7 nitrogen and oxygen atoms in total. The third-order valence-electron chi connectivity index (χ3n) is 2.81. The van der Waals surface area contributed by atoms with Gasteiger partial charge in [0.05, 0.1) is 6.61 Å². The highest BCUT2D eigenvalue weighted by atomic mass is 16.5. The molecule has 1 atom stereocenters. The van der Waals surface area contributed by atoms with Crippen molar-refractivity contribution >= 4 is 11.9 Å². The van der Waals surface area contributed by atoms with Crippen molar-refractivity contribution in [3.63, 3.8) is 0 Å². The molecule has 0 bridgehead atoms. The van der Waals surface area contributed by atoms with Crippen LogP contribution in [0.1, 0.15) is 33.6 Å². The van der Waals surface area contributed by atoms with Crippen LogP contribution in [0.25, 0.3) is 0 Å². The summed E-state index contributed by atoms with van der Waals surface area (Å²) < 4.78 is 5.40. The second-order valence-electron chi connectivity index (χ2n) is 5.26. The Labute approximate surface area is 127 Å². The Morgan fingerprint density at radius 2 is 1.86 bits per heavy atom. The first-order valence-corrected chi connectivity index (χ1v) is 7.59. The number of aromatic nitrogens is 3. The number of rotatable bonds is 10. The molecule has 0 amide bonds. The topological polar surface area (TPSA) is 75.2 Å². The highest BCUT2D eigenvalue weighted by molar-refractivity contribution is 5.36. The summed E-state index contributed by atoms with van der Waals surface area (Å²) in [5, 5.41) is 6.47. The summed E-state index contributed by atoms with van der Waals surface area (Å²) in [6.07, 6.45) is 2.03. The first-order chi connectivity index (χ1) is 10.0. The Morgan fingerprint density at radius 1 is 1.14 bits per heavy atom. The lowest BCUT2D eigenvalue weighted by atomic mass is 10.2. The van der Waals surface area contributed by atoms with Gasteiger partial charge in [0.15, 0.2) is 0 Å². The fraction of sp³-hybridized carbons (Fsp3) is 0.786. The van der Waals surface area contributed by atoms with Gasteiger partial charge in [0.1, 0.15) is 0 Å². The van der Waals surface area contributed by atoms with Crippen molar-refractivity contribution in [1.29, 1.82) is 0 Å². The van der Waals surface area contributed by atoms with E-state index in [-0.39, 0.29) is 6.04 Å². The van der Waals surface area contributed by atoms with E-state index in [0.29, 0.717) is 24.5 Å². The minimum atomic E-state index is 0.281. The highest BCUT2D eigenvalue weighted by Gasteiger charge is 2.10. The molecule has 7 heteroatoms.